The minimum absolute atomic E-state index is 0.139. The van der Waals surface area contributed by atoms with Gasteiger partial charge in [0.2, 0.25) is 5.96 Å². The Hall–Kier alpha value is -3.44. The van der Waals surface area contributed by atoms with Crippen LogP contribution in [0.4, 0.5) is 18.9 Å². The first-order chi connectivity index (χ1) is 16.6. The third-order valence-electron chi connectivity index (χ3n) is 4.96. The van der Waals surface area contributed by atoms with Gasteiger partial charge in [-0.2, -0.15) is 18.2 Å². The molecule has 0 aromatic heterocycles. The second-order valence-corrected chi connectivity index (χ2v) is 8.11. The van der Waals surface area contributed by atoms with E-state index in [1.54, 1.807) is 12.1 Å². The Morgan fingerprint density at radius 3 is 2.34 bits per heavy atom. The molecule has 1 aliphatic carbocycles. The molecule has 186 valence electrons. The van der Waals surface area contributed by atoms with E-state index in [9.17, 15) is 18.0 Å². The second-order valence-electron chi connectivity index (χ2n) is 7.68. The van der Waals surface area contributed by atoms with Crippen LogP contribution >= 0.6 is 11.6 Å². The molecule has 2 aromatic carbocycles. The van der Waals surface area contributed by atoms with E-state index in [0.717, 1.165) is 5.56 Å². The highest BCUT2D eigenvalue weighted by Crippen LogP contribution is 2.49. The van der Waals surface area contributed by atoms with E-state index in [4.69, 9.17) is 22.1 Å². The van der Waals surface area contributed by atoms with Gasteiger partial charge in [0.1, 0.15) is 0 Å². The number of hydrogen-bond donors (Lipinski definition) is 3. The average Bonchev–Trinajstić information content (AvgIpc) is 3.61. The summed E-state index contributed by atoms with van der Waals surface area (Å²) in [5.74, 6) is -0.466. The molecule has 0 radical (unpaired) electrons. The number of guanidine groups is 1. The number of ether oxygens (including phenoxy) is 1. The first-order valence-electron chi connectivity index (χ1n) is 10.6. The number of amidine groups is 1. The minimum Gasteiger partial charge on any atom is -0.455 e. The Kier molecular flexibility index (Phi) is 8.47. The second kappa shape index (κ2) is 11.3. The molecule has 8 nitrogen and oxygen atoms in total. The highest BCUT2D eigenvalue weighted by atomic mass is 35.5. The number of nitrogens with two attached hydrogens (primary N) is 1. The summed E-state index contributed by atoms with van der Waals surface area (Å²) in [6.45, 7) is 2.47. The number of nitrogens with zero attached hydrogens (tertiary/aromatic N) is 3. The predicted molar refractivity (Wildman–Crippen MR) is 130 cm³/mol. The van der Waals surface area contributed by atoms with E-state index >= 15 is 0 Å². The number of hydrogen-bond acceptors (Lipinski definition) is 4. The van der Waals surface area contributed by atoms with Crippen LogP contribution in [0.2, 0.25) is 5.02 Å². The van der Waals surface area contributed by atoms with Crippen molar-refractivity contribution >= 4 is 41.9 Å². The van der Waals surface area contributed by atoms with Gasteiger partial charge in [0.25, 0.3) is 11.9 Å². The molecule has 1 fully saturated rings. The lowest BCUT2D eigenvalue weighted by Crippen LogP contribution is -2.29. The van der Waals surface area contributed by atoms with Crippen LogP contribution < -0.4 is 16.4 Å². The van der Waals surface area contributed by atoms with Gasteiger partial charge in [0, 0.05) is 29.4 Å². The van der Waals surface area contributed by atoms with Crippen molar-refractivity contribution in [1.82, 2.24) is 5.32 Å². The van der Waals surface area contributed by atoms with E-state index in [0.29, 0.717) is 42.2 Å². The summed E-state index contributed by atoms with van der Waals surface area (Å²) in [7, 11) is 0. The number of anilines is 1. The zero-order valence-electron chi connectivity index (χ0n) is 18.6. The summed E-state index contributed by atoms with van der Waals surface area (Å²) in [6.07, 6.45) is -3.17. The number of benzene rings is 2. The van der Waals surface area contributed by atoms with Gasteiger partial charge >= 0.3 is 6.18 Å². The fourth-order valence-electron chi connectivity index (χ4n) is 3.08. The van der Waals surface area contributed by atoms with Gasteiger partial charge in [-0.3, -0.25) is 4.79 Å². The van der Waals surface area contributed by atoms with Crippen LogP contribution in [0, 0.1) is 0 Å². The Morgan fingerprint density at radius 2 is 1.80 bits per heavy atom. The van der Waals surface area contributed by atoms with Crippen molar-refractivity contribution < 1.29 is 22.7 Å². The maximum absolute atomic E-state index is 12.8. The quantitative estimate of drug-likeness (QED) is 0.385. The monoisotopic (exact) mass is 508 g/mol. The van der Waals surface area contributed by atoms with Gasteiger partial charge in [-0.1, -0.05) is 23.7 Å². The fourth-order valence-corrected chi connectivity index (χ4v) is 3.21. The first-order valence-corrected chi connectivity index (χ1v) is 11.0. The Labute approximate surface area is 205 Å². The topological polar surface area (TPSA) is 113 Å². The highest BCUT2D eigenvalue weighted by molar-refractivity contribution is 6.30. The van der Waals surface area contributed by atoms with Gasteiger partial charge in [-0.25, -0.2) is 9.98 Å². The summed E-state index contributed by atoms with van der Waals surface area (Å²) < 4.78 is 43.3. The van der Waals surface area contributed by atoms with Crippen molar-refractivity contribution in [2.45, 2.75) is 24.6 Å². The summed E-state index contributed by atoms with van der Waals surface area (Å²) in [4.78, 5) is 24.3. The number of carbonyl (C=O) groups excluding carboxylic acids is 1. The molecule has 2 aromatic rings. The fraction of sp³-hybridized carbons (Fsp3) is 0.304. The lowest BCUT2D eigenvalue weighted by atomic mass is 10.1. The van der Waals surface area contributed by atoms with Crippen LogP contribution in [0.1, 0.15) is 28.8 Å². The smallest absolute Gasteiger partial charge is 0.422 e. The van der Waals surface area contributed by atoms with E-state index in [1.165, 1.54) is 24.3 Å². The molecule has 3 rings (SSSR count). The molecule has 1 aliphatic rings. The molecule has 0 bridgehead atoms. The first kappa shape index (κ1) is 26.2. The molecule has 4 N–H and O–H groups in total. The standard InChI is InChI=1S/C23H24ClF3N6O2/c1-29-20(33-22(10-11-22)16-4-6-17(24)7-5-16)32-21(35-14-23(25,26)27)31-18-8-2-15(3-9-18)19(34)30-13-12-28/h2-9H,1,10-14,28H2,(H,30,34)(H,31,32,33). The van der Waals surface area contributed by atoms with E-state index in [2.05, 4.69) is 32.3 Å². The Bertz CT molecular complexity index is 1100. The van der Waals surface area contributed by atoms with Crippen LogP contribution in [-0.4, -0.2) is 50.5 Å². The van der Waals surface area contributed by atoms with Crippen LogP contribution in [-0.2, 0) is 10.3 Å². The van der Waals surface area contributed by atoms with Crippen LogP contribution in [0.15, 0.2) is 63.5 Å². The third-order valence-corrected chi connectivity index (χ3v) is 5.21. The predicted octanol–water partition coefficient (Wildman–Crippen LogP) is 4.12. The van der Waals surface area contributed by atoms with Crippen LogP contribution in [0.25, 0.3) is 0 Å². The third kappa shape index (κ3) is 7.79. The van der Waals surface area contributed by atoms with Gasteiger partial charge in [-0.15, -0.1) is 0 Å². The van der Waals surface area contributed by atoms with E-state index < -0.39 is 24.3 Å². The molecule has 0 unspecified atom stereocenters. The molecule has 0 spiro atoms. The zero-order chi connectivity index (χ0) is 25.5. The number of alkyl halides is 3. The lowest BCUT2D eigenvalue weighted by Gasteiger charge is -2.14. The molecule has 0 aliphatic heterocycles. The average molecular weight is 509 g/mol. The van der Waals surface area contributed by atoms with Gasteiger partial charge in [0.05, 0.1) is 5.54 Å². The number of nitrogens with one attached hydrogen (secondary N) is 2. The van der Waals surface area contributed by atoms with E-state index in [-0.39, 0.29) is 11.9 Å². The molecule has 35 heavy (non-hydrogen) atoms. The van der Waals surface area contributed by atoms with Gasteiger partial charge < -0.3 is 21.1 Å². The van der Waals surface area contributed by atoms with Crippen LogP contribution in [0.3, 0.4) is 0 Å². The number of rotatable bonds is 7. The summed E-state index contributed by atoms with van der Waals surface area (Å²) in [6, 6.07) is 12.6. The van der Waals surface area contributed by atoms with Crippen molar-refractivity contribution in [3.05, 3.63) is 64.7 Å². The minimum atomic E-state index is -4.59. The SMILES string of the molecule is C=NC(=NC1(c2ccc(Cl)cc2)CC1)/N=C(\Nc1ccc(C(=O)NCCN)cc1)OCC(F)(F)F. The molecule has 0 heterocycles. The molecule has 0 saturated heterocycles. The van der Waals surface area contributed by atoms with Crippen molar-refractivity contribution in [3.63, 3.8) is 0 Å². The largest absolute Gasteiger partial charge is 0.455 e. The van der Waals surface area contributed by atoms with Crippen molar-refractivity contribution in [3.8, 4) is 0 Å². The van der Waals surface area contributed by atoms with Crippen molar-refractivity contribution in [1.29, 1.82) is 0 Å². The van der Waals surface area contributed by atoms with Gasteiger partial charge in [0.15, 0.2) is 6.61 Å². The molecule has 12 heteroatoms. The van der Waals surface area contributed by atoms with Crippen LogP contribution in [0.5, 0.6) is 0 Å². The number of carbonyl (C=O) groups is 1. The van der Waals surface area contributed by atoms with Crippen molar-refractivity contribution in [2.75, 3.05) is 25.0 Å². The molecular weight excluding hydrogens is 485 g/mol. The summed E-state index contributed by atoms with van der Waals surface area (Å²) in [5, 5.41) is 5.87. The Balaban J connectivity index is 1.83. The highest BCUT2D eigenvalue weighted by Gasteiger charge is 2.45. The maximum Gasteiger partial charge on any atom is 0.422 e. The normalized spacial score (nSPS) is 15.3. The van der Waals surface area contributed by atoms with Gasteiger partial charge in [-0.05, 0) is 61.5 Å². The summed E-state index contributed by atoms with van der Waals surface area (Å²) >= 11 is 5.95. The summed E-state index contributed by atoms with van der Waals surface area (Å²) in [5.41, 5.74) is 6.34. The van der Waals surface area contributed by atoms with Crippen molar-refractivity contribution in [2.24, 2.45) is 20.7 Å². The Morgan fingerprint density at radius 1 is 1.14 bits per heavy atom. The number of halogens is 4. The molecular formula is C23H24ClF3N6O2. The molecule has 1 saturated carbocycles. The maximum atomic E-state index is 12.8. The number of aliphatic imine (C=N–C) groups is 3. The lowest BCUT2D eigenvalue weighted by molar-refractivity contribution is -0.156. The van der Waals surface area contributed by atoms with E-state index in [1.807, 2.05) is 12.1 Å². The molecule has 0 atom stereocenters. The zero-order valence-corrected chi connectivity index (χ0v) is 19.4. The number of amides is 1. The molecule has 1 amide bonds.